The Morgan fingerprint density at radius 2 is 1.74 bits per heavy atom. The van der Waals surface area contributed by atoms with Gasteiger partial charge in [-0.05, 0) is 43.4 Å². The highest BCUT2D eigenvalue weighted by molar-refractivity contribution is 6.20. The number of aliphatic hydroxyl groups excluding tert-OH is 1. The third-order valence-corrected chi connectivity index (χ3v) is 7.17. The monoisotopic (exact) mass is 544 g/mol. The zero-order valence-electron chi connectivity index (χ0n) is 21.9. The quantitative estimate of drug-likeness (QED) is 0.365. The lowest BCUT2D eigenvalue weighted by molar-refractivity contribution is -0.152. The number of nitrogens with zero attached hydrogens (tertiary/aromatic N) is 2. The van der Waals surface area contributed by atoms with E-state index in [0.717, 1.165) is 12.1 Å². The van der Waals surface area contributed by atoms with E-state index >= 15 is 0 Å². The van der Waals surface area contributed by atoms with Crippen molar-refractivity contribution in [3.63, 3.8) is 0 Å². The second kappa shape index (κ2) is 10.8. The number of carbonyl (C=O) groups excluding carboxylic acids is 3. The number of rotatable bonds is 7. The number of anilines is 1. The number of para-hydroxylation sites is 1. The summed E-state index contributed by atoms with van der Waals surface area (Å²) in [6.07, 6.45) is -5.66. The molecule has 2 aromatic carbocycles. The van der Waals surface area contributed by atoms with Crippen LogP contribution in [0.5, 0.6) is 0 Å². The van der Waals surface area contributed by atoms with Crippen LogP contribution in [0.25, 0.3) is 0 Å². The van der Waals surface area contributed by atoms with Crippen LogP contribution in [0.1, 0.15) is 56.2 Å². The Kier molecular flexibility index (Phi) is 7.83. The van der Waals surface area contributed by atoms with Crippen molar-refractivity contribution in [2.45, 2.75) is 58.1 Å². The molecule has 11 heteroatoms. The predicted molar refractivity (Wildman–Crippen MR) is 139 cm³/mol. The van der Waals surface area contributed by atoms with E-state index < -0.39 is 47.3 Å². The molecule has 1 aliphatic carbocycles. The maximum absolute atomic E-state index is 13.5. The summed E-state index contributed by atoms with van der Waals surface area (Å²) < 4.78 is 39.5. The fourth-order valence-electron chi connectivity index (χ4n) is 4.81. The molecular formula is C28H31F3N4O4. The number of aliphatic imine (C=N–C) groups is 1. The smallest absolute Gasteiger partial charge is 0.374 e. The van der Waals surface area contributed by atoms with Gasteiger partial charge in [-0.25, -0.2) is 4.99 Å². The first kappa shape index (κ1) is 28.3. The van der Waals surface area contributed by atoms with E-state index in [1.807, 2.05) is 13.8 Å². The molecule has 4 rings (SSSR count). The molecule has 0 radical (unpaired) electrons. The van der Waals surface area contributed by atoms with Gasteiger partial charge in [-0.3, -0.25) is 14.4 Å². The largest absolute Gasteiger partial charge is 0.416 e. The van der Waals surface area contributed by atoms with Crippen LogP contribution in [0, 0.1) is 11.3 Å². The SMILES string of the molecule is CC(C)C[C@H](O)NC(=O)C1(C(=O)N[C@H]2N=C(c3ccc(C(F)(F)F)cc3)c3ccccc3N(C)C2=O)CCC1. The lowest BCUT2D eigenvalue weighted by atomic mass is 9.67. The number of likely N-dealkylation sites (N-methyl/N-ethyl adjacent to an activating group) is 1. The third-order valence-electron chi connectivity index (χ3n) is 7.17. The van der Waals surface area contributed by atoms with Crippen molar-refractivity contribution in [2.75, 3.05) is 11.9 Å². The third kappa shape index (κ3) is 5.68. The van der Waals surface area contributed by atoms with E-state index in [0.29, 0.717) is 29.7 Å². The van der Waals surface area contributed by atoms with E-state index in [4.69, 9.17) is 0 Å². The van der Waals surface area contributed by atoms with E-state index in [2.05, 4.69) is 15.6 Å². The lowest BCUT2D eigenvalue weighted by Crippen LogP contribution is -2.60. The van der Waals surface area contributed by atoms with Crippen LogP contribution in [-0.2, 0) is 20.6 Å². The number of aliphatic hydroxyl groups is 1. The zero-order valence-corrected chi connectivity index (χ0v) is 21.9. The molecule has 2 aromatic rings. The topological polar surface area (TPSA) is 111 Å². The van der Waals surface area contributed by atoms with Gasteiger partial charge in [-0.2, -0.15) is 13.2 Å². The Bertz CT molecular complexity index is 1290. The van der Waals surface area contributed by atoms with Crippen LogP contribution in [0.3, 0.4) is 0 Å². The van der Waals surface area contributed by atoms with Crippen LogP contribution in [0.4, 0.5) is 18.9 Å². The number of hydrogen-bond donors (Lipinski definition) is 3. The molecule has 3 amide bonds. The van der Waals surface area contributed by atoms with Gasteiger partial charge >= 0.3 is 6.18 Å². The molecule has 0 unspecified atom stereocenters. The Labute approximate surface area is 224 Å². The molecule has 0 bridgehead atoms. The molecule has 0 saturated heterocycles. The molecular weight excluding hydrogens is 513 g/mol. The minimum atomic E-state index is -4.52. The summed E-state index contributed by atoms with van der Waals surface area (Å²) in [6.45, 7) is 3.78. The number of hydrogen-bond acceptors (Lipinski definition) is 5. The number of benzodiazepines with no additional fused rings is 1. The molecule has 0 spiro atoms. The number of nitrogens with one attached hydrogen (secondary N) is 2. The van der Waals surface area contributed by atoms with Crippen molar-refractivity contribution >= 4 is 29.1 Å². The number of alkyl halides is 3. The number of halogens is 3. The van der Waals surface area contributed by atoms with Crippen LogP contribution in [-0.4, -0.2) is 48.0 Å². The van der Waals surface area contributed by atoms with Crippen LogP contribution in [0.2, 0.25) is 0 Å². The van der Waals surface area contributed by atoms with E-state index in [1.165, 1.54) is 24.1 Å². The highest BCUT2D eigenvalue weighted by atomic mass is 19.4. The predicted octanol–water partition coefficient (Wildman–Crippen LogP) is 3.61. The van der Waals surface area contributed by atoms with Crippen molar-refractivity contribution < 1.29 is 32.7 Å². The van der Waals surface area contributed by atoms with Crippen LogP contribution in [0.15, 0.2) is 53.5 Å². The molecule has 1 saturated carbocycles. The summed E-state index contributed by atoms with van der Waals surface area (Å²) in [6, 6.07) is 11.2. The molecule has 39 heavy (non-hydrogen) atoms. The minimum Gasteiger partial charge on any atom is -0.374 e. The Morgan fingerprint density at radius 1 is 1.10 bits per heavy atom. The number of amides is 3. The summed E-state index contributed by atoms with van der Waals surface area (Å²) >= 11 is 0. The summed E-state index contributed by atoms with van der Waals surface area (Å²) in [4.78, 5) is 45.8. The average molecular weight is 545 g/mol. The van der Waals surface area contributed by atoms with Crippen molar-refractivity contribution in [1.29, 1.82) is 0 Å². The van der Waals surface area contributed by atoms with Gasteiger partial charge in [-0.15, -0.1) is 0 Å². The Hall–Kier alpha value is -3.73. The van der Waals surface area contributed by atoms with Gasteiger partial charge in [0.05, 0.1) is 17.0 Å². The average Bonchev–Trinajstić information content (AvgIpc) is 2.93. The maximum Gasteiger partial charge on any atom is 0.416 e. The molecule has 1 aliphatic heterocycles. The van der Waals surface area contributed by atoms with E-state index in [-0.39, 0.29) is 24.5 Å². The first-order valence-electron chi connectivity index (χ1n) is 12.8. The molecule has 2 atom stereocenters. The van der Waals surface area contributed by atoms with Gasteiger partial charge in [0.15, 0.2) is 0 Å². The molecule has 3 N–H and O–H groups in total. The standard InChI is InChI=1S/C28H31F3N4O4/c1-16(2)15-21(36)32-25(38)27(13-6-14-27)26(39)34-23-24(37)35(3)20-8-5-4-7-19(20)22(33-23)17-9-11-18(12-10-17)28(29,30)31/h4-5,7-12,16,21,23,36H,6,13-15H2,1-3H3,(H,32,38)(H,34,39)/t21-,23+/m0/s1. The molecule has 8 nitrogen and oxygen atoms in total. The van der Waals surface area contributed by atoms with Gasteiger partial charge in [0.25, 0.3) is 5.91 Å². The second-order valence-electron chi connectivity index (χ2n) is 10.4. The van der Waals surface area contributed by atoms with Crippen molar-refractivity contribution in [3.8, 4) is 0 Å². The van der Waals surface area contributed by atoms with Crippen LogP contribution < -0.4 is 15.5 Å². The highest BCUT2D eigenvalue weighted by Crippen LogP contribution is 2.42. The summed E-state index contributed by atoms with van der Waals surface area (Å²) in [5.74, 6) is -1.78. The van der Waals surface area contributed by atoms with Crippen molar-refractivity contribution in [2.24, 2.45) is 16.3 Å². The lowest BCUT2D eigenvalue weighted by Gasteiger charge is -2.39. The minimum absolute atomic E-state index is 0.116. The van der Waals surface area contributed by atoms with Gasteiger partial charge in [0.2, 0.25) is 18.0 Å². The molecule has 1 fully saturated rings. The van der Waals surface area contributed by atoms with Crippen molar-refractivity contribution in [3.05, 3.63) is 65.2 Å². The van der Waals surface area contributed by atoms with Gasteiger partial charge < -0.3 is 20.6 Å². The highest BCUT2D eigenvalue weighted by Gasteiger charge is 2.52. The van der Waals surface area contributed by atoms with Crippen molar-refractivity contribution in [1.82, 2.24) is 10.6 Å². The van der Waals surface area contributed by atoms with E-state index in [1.54, 1.807) is 24.3 Å². The number of benzene rings is 2. The first-order valence-corrected chi connectivity index (χ1v) is 12.8. The van der Waals surface area contributed by atoms with Gasteiger partial charge in [-0.1, -0.05) is 50.6 Å². The molecule has 0 aromatic heterocycles. The summed E-state index contributed by atoms with van der Waals surface area (Å²) in [7, 11) is 1.51. The molecule has 2 aliphatic rings. The first-order chi connectivity index (χ1) is 18.3. The van der Waals surface area contributed by atoms with Gasteiger partial charge in [0, 0.05) is 18.2 Å². The Morgan fingerprint density at radius 3 is 2.31 bits per heavy atom. The fraction of sp³-hybridized carbons (Fsp3) is 0.429. The second-order valence-corrected chi connectivity index (χ2v) is 10.4. The molecule has 208 valence electrons. The summed E-state index contributed by atoms with van der Waals surface area (Å²) in [5.41, 5.74) is -0.777. The zero-order chi connectivity index (χ0) is 28.5. The normalized spacial score (nSPS) is 19.4. The Balaban J connectivity index is 1.67. The molecule has 1 heterocycles. The van der Waals surface area contributed by atoms with Crippen LogP contribution >= 0.6 is 0 Å². The van der Waals surface area contributed by atoms with E-state index in [9.17, 15) is 32.7 Å². The maximum atomic E-state index is 13.5. The fourth-order valence-corrected chi connectivity index (χ4v) is 4.81. The number of carbonyl (C=O) groups is 3. The number of fused-ring (bicyclic) bond motifs is 1. The summed E-state index contributed by atoms with van der Waals surface area (Å²) in [5, 5.41) is 15.3. The van der Waals surface area contributed by atoms with Gasteiger partial charge in [0.1, 0.15) is 11.6 Å².